The molecule has 0 spiro atoms. The summed E-state index contributed by atoms with van der Waals surface area (Å²) in [6, 6.07) is 0. The maximum absolute atomic E-state index is 12.0. The third-order valence-corrected chi connectivity index (χ3v) is 2.59. The number of carbonyl (C=O) groups excluding carboxylic acids is 1. The molecule has 0 aliphatic heterocycles. The van der Waals surface area contributed by atoms with Gasteiger partial charge >= 0.3 is 0 Å². The zero-order valence-electron chi connectivity index (χ0n) is 10.6. The molecule has 7 nitrogen and oxygen atoms in total. The van der Waals surface area contributed by atoms with Crippen molar-refractivity contribution >= 4 is 17.3 Å². The predicted octanol–water partition coefficient (Wildman–Crippen LogP) is 0.779. The maximum atomic E-state index is 12.0. The summed E-state index contributed by atoms with van der Waals surface area (Å²) in [5.74, 6) is -0.327. The number of amides is 1. The summed E-state index contributed by atoms with van der Waals surface area (Å²) in [4.78, 5) is 12.0. The van der Waals surface area contributed by atoms with Crippen LogP contribution >= 0.6 is 0 Å². The van der Waals surface area contributed by atoms with Crippen molar-refractivity contribution < 1.29 is 4.79 Å². The number of carbonyl (C=O) groups is 1. The van der Waals surface area contributed by atoms with E-state index in [0.717, 1.165) is 12.2 Å². The number of hydrogen-bond donors (Lipinski definition) is 2. The molecule has 0 bridgehead atoms. The minimum Gasteiger partial charge on any atom is -0.396 e. The third kappa shape index (κ3) is 2.20. The van der Waals surface area contributed by atoms with E-state index in [2.05, 4.69) is 15.5 Å². The Bertz CT molecular complexity index is 582. The highest BCUT2D eigenvalue weighted by atomic mass is 16.2. The van der Waals surface area contributed by atoms with Crippen LogP contribution in [0.2, 0.25) is 0 Å². The largest absolute Gasteiger partial charge is 0.396 e. The highest BCUT2D eigenvalue weighted by Gasteiger charge is 2.16. The summed E-state index contributed by atoms with van der Waals surface area (Å²) >= 11 is 0. The van der Waals surface area contributed by atoms with Crippen LogP contribution in [0.15, 0.2) is 12.4 Å². The number of anilines is 2. The lowest BCUT2D eigenvalue weighted by molar-refractivity contribution is 0.102. The molecule has 0 saturated heterocycles. The van der Waals surface area contributed by atoms with Crippen LogP contribution in [0.5, 0.6) is 0 Å². The van der Waals surface area contributed by atoms with Crippen LogP contribution in [-0.4, -0.2) is 25.5 Å². The number of rotatable bonds is 3. The molecular weight excluding hydrogens is 232 g/mol. The van der Waals surface area contributed by atoms with Gasteiger partial charge in [-0.1, -0.05) is 0 Å². The fourth-order valence-corrected chi connectivity index (χ4v) is 1.67. The lowest BCUT2D eigenvalue weighted by atomic mass is 10.3. The first-order chi connectivity index (χ1) is 8.51. The smallest absolute Gasteiger partial charge is 0.278 e. The van der Waals surface area contributed by atoms with E-state index < -0.39 is 0 Å². The standard InChI is InChI=1S/C11H16N6O/c1-4-17-6-9(7(2)14-17)13-11(18)10-8(12)5-16(3)15-10/h5-6H,4,12H2,1-3H3,(H,13,18). The highest BCUT2D eigenvalue weighted by molar-refractivity contribution is 6.06. The van der Waals surface area contributed by atoms with Gasteiger partial charge in [0.05, 0.1) is 17.1 Å². The Labute approximate surface area is 105 Å². The second-order valence-electron chi connectivity index (χ2n) is 4.04. The van der Waals surface area contributed by atoms with Crippen LogP contribution in [-0.2, 0) is 13.6 Å². The van der Waals surface area contributed by atoms with Crippen LogP contribution in [0.1, 0.15) is 23.1 Å². The Hall–Kier alpha value is -2.31. The Morgan fingerprint density at radius 2 is 2.17 bits per heavy atom. The zero-order valence-corrected chi connectivity index (χ0v) is 10.6. The first-order valence-electron chi connectivity index (χ1n) is 5.65. The first-order valence-corrected chi connectivity index (χ1v) is 5.65. The van der Waals surface area contributed by atoms with Crippen LogP contribution in [0, 0.1) is 6.92 Å². The van der Waals surface area contributed by atoms with E-state index in [0.29, 0.717) is 11.4 Å². The Balaban J connectivity index is 2.21. The van der Waals surface area contributed by atoms with Crippen molar-refractivity contribution in [2.24, 2.45) is 7.05 Å². The molecule has 7 heteroatoms. The fraction of sp³-hybridized carbons (Fsp3) is 0.364. The van der Waals surface area contributed by atoms with E-state index >= 15 is 0 Å². The van der Waals surface area contributed by atoms with Crippen molar-refractivity contribution in [1.29, 1.82) is 0 Å². The van der Waals surface area contributed by atoms with Crippen LogP contribution in [0.4, 0.5) is 11.4 Å². The molecule has 0 aliphatic carbocycles. The molecule has 0 fully saturated rings. The van der Waals surface area contributed by atoms with E-state index in [9.17, 15) is 4.79 Å². The fourth-order valence-electron chi connectivity index (χ4n) is 1.67. The number of nitrogen functional groups attached to an aromatic ring is 1. The molecule has 0 saturated carbocycles. The van der Waals surface area contributed by atoms with Gasteiger partial charge in [-0.25, -0.2) is 0 Å². The second-order valence-corrected chi connectivity index (χ2v) is 4.04. The Morgan fingerprint density at radius 1 is 1.44 bits per heavy atom. The van der Waals surface area contributed by atoms with Gasteiger partial charge in [0.15, 0.2) is 5.69 Å². The molecule has 3 N–H and O–H groups in total. The van der Waals surface area contributed by atoms with E-state index in [1.165, 1.54) is 4.68 Å². The summed E-state index contributed by atoms with van der Waals surface area (Å²) in [6.45, 7) is 4.57. The molecule has 2 heterocycles. The maximum Gasteiger partial charge on any atom is 0.278 e. The minimum atomic E-state index is -0.327. The molecule has 2 rings (SSSR count). The molecule has 2 aromatic heterocycles. The average molecular weight is 248 g/mol. The van der Waals surface area contributed by atoms with Crippen molar-refractivity contribution in [3.05, 3.63) is 23.8 Å². The molecule has 0 radical (unpaired) electrons. The number of nitrogens with one attached hydrogen (secondary N) is 1. The van der Waals surface area contributed by atoms with Crippen molar-refractivity contribution in [3.8, 4) is 0 Å². The summed E-state index contributed by atoms with van der Waals surface area (Å²) in [7, 11) is 1.72. The number of aryl methyl sites for hydroxylation is 3. The summed E-state index contributed by atoms with van der Waals surface area (Å²) in [5.41, 5.74) is 7.72. The van der Waals surface area contributed by atoms with E-state index in [1.54, 1.807) is 24.1 Å². The third-order valence-electron chi connectivity index (χ3n) is 2.59. The van der Waals surface area contributed by atoms with Crippen molar-refractivity contribution in [1.82, 2.24) is 19.6 Å². The lowest BCUT2D eigenvalue weighted by Gasteiger charge is -2.01. The number of aromatic nitrogens is 4. The normalized spacial score (nSPS) is 10.6. The van der Waals surface area contributed by atoms with Gasteiger partial charge in [-0.3, -0.25) is 14.2 Å². The molecular formula is C11H16N6O. The van der Waals surface area contributed by atoms with Gasteiger partial charge in [0.2, 0.25) is 0 Å². The van der Waals surface area contributed by atoms with Gasteiger partial charge in [-0.2, -0.15) is 10.2 Å². The van der Waals surface area contributed by atoms with Crippen molar-refractivity contribution in [3.63, 3.8) is 0 Å². The van der Waals surface area contributed by atoms with Crippen molar-refractivity contribution in [2.75, 3.05) is 11.1 Å². The van der Waals surface area contributed by atoms with Gasteiger partial charge in [0.25, 0.3) is 5.91 Å². The number of nitrogens with two attached hydrogens (primary N) is 1. The highest BCUT2D eigenvalue weighted by Crippen LogP contribution is 2.15. The van der Waals surface area contributed by atoms with E-state index in [4.69, 9.17) is 5.73 Å². The van der Waals surface area contributed by atoms with Crippen molar-refractivity contribution in [2.45, 2.75) is 20.4 Å². The number of hydrogen-bond acceptors (Lipinski definition) is 4. The van der Waals surface area contributed by atoms with Gasteiger partial charge in [0.1, 0.15) is 0 Å². The molecule has 18 heavy (non-hydrogen) atoms. The van der Waals surface area contributed by atoms with Gasteiger partial charge in [0, 0.05) is 26.0 Å². The van der Waals surface area contributed by atoms with E-state index in [-0.39, 0.29) is 11.6 Å². The predicted molar refractivity (Wildman–Crippen MR) is 68.2 cm³/mol. The van der Waals surface area contributed by atoms with Gasteiger partial charge in [-0.15, -0.1) is 0 Å². The van der Waals surface area contributed by atoms with E-state index in [1.807, 2.05) is 13.8 Å². The van der Waals surface area contributed by atoms with Gasteiger partial charge < -0.3 is 11.1 Å². The van der Waals surface area contributed by atoms with Gasteiger partial charge in [-0.05, 0) is 13.8 Å². The molecule has 0 aliphatic rings. The Kier molecular flexibility index (Phi) is 3.05. The summed E-state index contributed by atoms with van der Waals surface area (Å²) < 4.78 is 3.26. The number of nitrogens with zero attached hydrogens (tertiary/aromatic N) is 4. The molecule has 0 aromatic carbocycles. The lowest BCUT2D eigenvalue weighted by Crippen LogP contribution is -2.14. The summed E-state index contributed by atoms with van der Waals surface area (Å²) in [6.07, 6.45) is 3.38. The first kappa shape index (κ1) is 12.2. The summed E-state index contributed by atoms with van der Waals surface area (Å²) in [5, 5.41) is 11.0. The molecule has 2 aromatic rings. The molecule has 96 valence electrons. The molecule has 0 unspecified atom stereocenters. The zero-order chi connectivity index (χ0) is 13.3. The molecule has 1 amide bonds. The van der Waals surface area contributed by atoms with Crippen LogP contribution < -0.4 is 11.1 Å². The SMILES string of the molecule is CCn1cc(NC(=O)c2nn(C)cc2N)c(C)n1. The minimum absolute atomic E-state index is 0.223. The van der Waals surface area contributed by atoms with Crippen LogP contribution in [0.25, 0.3) is 0 Å². The molecule has 0 atom stereocenters. The second kappa shape index (κ2) is 4.52. The topological polar surface area (TPSA) is 90.8 Å². The monoisotopic (exact) mass is 248 g/mol. The van der Waals surface area contributed by atoms with Crippen LogP contribution in [0.3, 0.4) is 0 Å². The Morgan fingerprint density at radius 3 is 2.67 bits per heavy atom. The average Bonchev–Trinajstić information content (AvgIpc) is 2.82. The quantitative estimate of drug-likeness (QED) is 0.839.